The van der Waals surface area contributed by atoms with Gasteiger partial charge in [-0.15, -0.1) is 0 Å². The number of rotatable bonds is 3. The van der Waals surface area contributed by atoms with Crippen LogP contribution >= 0.6 is 0 Å². The summed E-state index contributed by atoms with van der Waals surface area (Å²) in [6.07, 6.45) is 7.63. The molecule has 1 rings (SSSR count). The van der Waals surface area contributed by atoms with E-state index >= 15 is 0 Å². The minimum absolute atomic E-state index is 0.133. The molecule has 0 aromatic rings. The molecule has 1 aliphatic carbocycles. The second-order valence-electron chi connectivity index (χ2n) is 2.75. The summed E-state index contributed by atoms with van der Waals surface area (Å²) in [7, 11) is -1.63. The molecule has 0 saturated heterocycles. The van der Waals surface area contributed by atoms with E-state index in [9.17, 15) is 8.42 Å². The standard InChI is InChI=1S/C8H13NO2S/c1-9-12(10,11)7-8-5-3-2-4-6-8/h2-3,5,9H,4,6-7H2,1H3. The van der Waals surface area contributed by atoms with Gasteiger partial charge in [-0.05, 0) is 19.9 Å². The molecule has 1 N–H and O–H groups in total. The molecule has 0 unspecified atom stereocenters. The van der Waals surface area contributed by atoms with Crippen LogP contribution in [0.5, 0.6) is 0 Å². The van der Waals surface area contributed by atoms with E-state index in [4.69, 9.17) is 0 Å². The molecular weight excluding hydrogens is 174 g/mol. The average molecular weight is 187 g/mol. The molecule has 12 heavy (non-hydrogen) atoms. The van der Waals surface area contributed by atoms with Crippen molar-refractivity contribution in [3.05, 3.63) is 23.8 Å². The van der Waals surface area contributed by atoms with Gasteiger partial charge in [-0.25, -0.2) is 13.1 Å². The summed E-state index contributed by atoms with van der Waals surface area (Å²) in [5, 5.41) is 0. The van der Waals surface area contributed by atoms with E-state index in [-0.39, 0.29) is 5.75 Å². The van der Waals surface area contributed by atoms with Gasteiger partial charge in [0.15, 0.2) is 0 Å². The van der Waals surface area contributed by atoms with Crippen LogP contribution in [0.1, 0.15) is 12.8 Å². The van der Waals surface area contributed by atoms with E-state index in [1.54, 1.807) is 0 Å². The van der Waals surface area contributed by atoms with Crippen molar-refractivity contribution in [3.8, 4) is 0 Å². The van der Waals surface area contributed by atoms with Crippen molar-refractivity contribution < 1.29 is 8.42 Å². The van der Waals surface area contributed by atoms with Crippen LogP contribution in [0.3, 0.4) is 0 Å². The van der Waals surface area contributed by atoms with Crippen molar-refractivity contribution in [2.75, 3.05) is 12.8 Å². The molecule has 0 aromatic heterocycles. The largest absolute Gasteiger partial charge is 0.218 e. The summed E-state index contributed by atoms with van der Waals surface area (Å²) < 4.78 is 24.5. The summed E-state index contributed by atoms with van der Waals surface area (Å²) in [6.45, 7) is 0. The molecule has 0 saturated carbocycles. The predicted octanol–water partition coefficient (Wildman–Crippen LogP) is 0.812. The van der Waals surface area contributed by atoms with Crippen LogP contribution in [0.15, 0.2) is 23.8 Å². The first-order chi connectivity index (χ1) is 5.64. The Morgan fingerprint density at radius 2 is 2.33 bits per heavy atom. The number of nitrogens with one attached hydrogen (secondary N) is 1. The molecule has 68 valence electrons. The van der Waals surface area contributed by atoms with Gasteiger partial charge in [0.2, 0.25) is 10.0 Å². The molecule has 1 aliphatic rings. The predicted molar refractivity (Wildman–Crippen MR) is 49.3 cm³/mol. The van der Waals surface area contributed by atoms with Crippen molar-refractivity contribution in [1.29, 1.82) is 0 Å². The van der Waals surface area contributed by atoms with E-state index in [2.05, 4.69) is 4.72 Å². The third kappa shape index (κ3) is 2.79. The first-order valence-corrected chi connectivity index (χ1v) is 5.55. The van der Waals surface area contributed by atoms with Crippen LogP contribution in [0.4, 0.5) is 0 Å². The smallest absolute Gasteiger partial charge is 0.215 e. The monoisotopic (exact) mass is 187 g/mol. The lowest BCUT2D eigenvalue weighted by molar-refractivity contribution is 0.589. The minimum atomic E-state index is -3.07. The Hall–Kier alpha value is -0.610. The van der Waals surface area contributed by atoms with Gasteiger partial charge >= 0.3 is 0 Å². The molecule has 4 heteroatoms. The molecule has 0 bridgehead atoms. The van der Waals surface area contributed by atoms with Gasteiger partial charge in [0.05, 0.1) is 5.75 Å². The molecule has 0 aromatic carbocycles. The molecule has 0 radical (unpaired) electrons. The third-order valence-electron chi connectivity index (χ3n) is 1.79. The van der Waals surface area contributed by atoms with Crippen LogP contribution < -0.4 is 4.72 Å². The zero-order chi connectivity index (χ0) is 9.03. The molecule has 0 aliphatic heterocycles. The average Bonchev–Trinajstić information content (AvgIpc) is 2.06. The SMILES string of the molecule is CNS(=O)(=O)CC1=CC=CCC1. The maximum absolute atomic E-state index is 11.1. The Balaban J connectivity index is 2.62. The Morgan fingerprint density at radius 3 is 2.83 bits per heavy atom. The summed E-state index contributed by atoms with van der Waals surface area (Å²) in [4.78, 5) is 0. The molecular formula is C8H13NO2S. The summed E-state index contributed by atoms with van der Waals surface area (Å²) in [6, 6.07) is 0. The summed E-state index contributed by atoms with van der Waals surface area (Å²) in [5.74, 6) is 0.133. The van der Waals surface area contributed by atoms with Crippen LogP contribution in [-0.4, -0.2) is 21.2 Å². The van der Waals surface area contributed by atoms with Crippen LogP contribution in [0, 0.1) is 0 Å². The fourth-order valence-electron chi connectivity index (χ4n) is 1.09. The van der Waals surface area contributed by atoms with Crippen molar-refractivity contribution in [1.82, 2.24) is 4.72 Å². The quantitative estimate of drug-likeness (QED) is 0.710. The van der Waals surface area contributed by atoms with Crippen molar-refractivity contribution in [2.24, 2.45) is 0 Å². The lowest BCUT2D eigenvalue weighted by Gasteiger charge is -2.08. The van der Waals surface area contributed by atoms with Crippen LogP contribution in [-0.2, 0) is 10.0 Å². The highest BCUT2D eigenvalue weighted by Crippen LogP contribution is 2.12. The maximum atomic E-state index is 11.1. The van der Waals surface area contributed by atoms with Gasteiger partial charge < -0.3 is 0 Å². The van der Waals surface area contributed by atoms with Gasteiger partial charge in [-0.2, -0.15) is 0 Å². The van der Waals surface area contributed by atoms with Crippen molar-refractivity contribution >= 4 is 10.0 Å². The Kier molecular flexibility index (Phi) is 3.05. The highest BCUT2D eigenvalue weighted by atomic mass is 32.2. The number of allylic oxidation sites excluding steroid dienone is 3. The maximum Gasteiger partial charge on any atom is 0.215 e. The molecule has 0 spiro atoms. The van der Waals surface area contributed by atoms with Gasteiger partial charge in [0.25, 0.3) is 0 Å². The van der Waals surface area contributed by atoms with Crippen LogP contribution in [0.25, 0.3) is 0 Å². The first-order valence-electron chi connectivity index (χ1n) is 3.90. The van der Waals surface area contributed by atoms with Gasteiger partial charge in [-0.1, -0.05) is 23.8 Å². The van der Waals surface area contributed by atoms with E-state index in [0.29, 0.717) is 0 Å². The minimum Gasteiger partial charge on any atom is -0.218 e. The van der Waals surface area contributed by atoms with E-state index < -0.39 is 10.0 Å². The van der Waals surface area contributed by atoms with Gasteiger partial charge in [-0.3, -0.25) is 0 Å². The van der Waals surface area contributed by atoms with Crippen molar-refractivity contribution in [2.45, 2.75) is 12.8 Å². The van der Waals surface area contributed by atoms with Gasteiger partial charge in [0, 0.05) is 0 Å². The normalized spacial score (nSPS) is 17.6. The molecule has 3 nitrogen and oxygen atoms in total. The summed E-state index contributed by atoms with van der Waals surface area (Å²) >= 11 is 0. The van der Waals surface area contributed by atoms with Crippen LogP contribution in [0.2, 0.25) is 0 Å². The van der Waals surface area contributed by atoms with Gasteiger partial charge in [0.1, 0.15) is 0 Å². The zero-order valence-electron chi connectivity index (χ0n) is 7.08. The number of hydrogen-bond acceptors (Lipinski definition) is 2. The fraction of sp³-hybridized carbons (Fsp3) is 0.500. The fourth-order valence-corrected chi connectivity index (χ4v) is 1.96. The Morgan fingerprint density at radius 1 is 1.58 bits per heavy atom. The lowest BCUT2D eigenvalue weighted by Crippen LogP contribution is -2.23. The van der Waals surface area contributed by atoms with E-state index in [0.717, 1.165) is 18.4 Å². The number of sulfonamides is 1. The highest BCUT2D eigenvalue weighted by molar-refractivity contribution is 7.89. The lowest BCUT2D eigenvalue weighted by atomic mass is 10.1. The topological polar surface area (TPSA) is 46.2 Å². The third-order valence-corrected chi connectivity index (χ3v) is 3.16. The second-order valence-corrected chi connectivity index (χ2v) is 4.68. The summed E-state index contributed by atoms with van der Waals surface area (Å²) in [5.41, 5.74) is 0.979. The Bertz CT molecular complexity index is 301. The second kappa shape index (κ2) is 3.87. The van der Waals surface area contributed by atoms with E-state index in [1.807, 2.05) is 18.2 Å². The van der Waals surface area contributed by atoms with Crippen molar-refractivity contribution in [3.63, 3.8) is 0 Å². The highest BCUT2D eigenvalue weighted by Gasteiger charge is 2.10. The Labute approximate surface area is 73.2 Å². The molecule has 0 fully saturated rings. The number of hydrogen-bond donors (Lipinski definition) is 1. The van der Waals surface area contributed by atoms with E-state index in [1.165, 1.54) is 7.05 Å². The molecule has 0 atom stereocenters. The first kappa shape index (κ1) is 9.48. The zero-order valence-corrected chi connectivity index (χ0v) is 7.89. The molecule has 0 amide bonds. The molecule has 0 heterocycles.